The number of aromatic nitrogens is 1. The number of benzene rings is 2. The molecule has 1 aromatic heterocycles. The summed E-state index contributed by atoms with van der Waals surface area (Å²) in [6.07, 6.45) is 5.47. The second kappa shape index (κ2) is 13.0. The Balaban J connectivity index is 1.10. The smallest absolute Gasteiger partial charge is 0.272 e. The number of carbonyl (C=O) groups excluding carboxylic acids is 3. The fourth-order valence-corrected chi connectivity index (χ4v) is 5.85. The molecule has 1 amide bonds. The van der Waals surface area contributed by atoms with Crippen LogP contribution in [0.2, 0.25) is 0 Å². The number of pyridine rings is 1. The largest absolute Gasteiger partial charge is 0.337 e. The molecule has 0 bridgehead atoms. The van der Waals surface area contributed by atoms with E-state index in [1.54, 1.807) is 17.0 Å². The number of hydrogen-bond donors (Lipinski definition) is 0. The molecule has 5 rings (SSSR count). The van der Waals surface area contributed by atoms with Crippen molar-refractivity contribution >= 4 is 17.5 Å². The van der Waals surface area contributed by atoms with E-state index < -0.39 is 0 Å². The molecule has 0 spiro atoms. The molecule has 7 nitrogen and oxygen atoms in total. The van der Waals surface area contributed by atoms with Crippen molar-refractivity contribution in [2.75, 3.05) is 26.2 Å². The lowest BCUT2D eigenvalue weighted by molar-refractivity contribution is 0.0631. The van der Waals surface area contributed by atoms with Crippen molar-refractivity contribution in [3.8, 4) is 6.07 Å². The zero-order chi connectivity index (χ0) is 28.8. The van der Waals surface area contributed by atoms with E-state index in [9.17, 15) is 14.4 Å². The van der Waals surface area contributed by atoms with Crippen LogP contribution >= 0.6 is 0 Å². The second-order valence-electron chi connectivity index (χ2n) is 11.4. The Labute approximate surface area is 241 Å². The van der Waals surface area contributed by atoms with Gasteiger partial charge in [0, 0.05) is 49.3 Å². The second-order valence-corrected chi connectivity index (χ2v) is 11.4. The first kappa shape index (κ1) is 28.4. The van der Waals surface area contributed by atoms with Gasteiger partial charge in [-0.05, 0) is 81.4 Å². The zero-order valence-corrected chi connectivity index (χ0v) is 23.6. The molecule has 3 heterocycles. The summed E-state index contributed by atoms with van der Waals surface area (Å²) >= 11 is 0. The van der Waals surface area contributed by atoms with Crippen LogP contribution in [-0.4, -0.2) is 58.4 Å². The van der Waals surface area contributed by atoms with Crippen LogP contribution in [0, 0.1) is 30.1 Å². The highest BCUT2D eigenvalue weighted by molar-refractivity contribution is 5.99. The van der Waals surface area contributed by atoms with Crippen molar-refractivity contribution in [1.29, 1.82) is 5.26 Å². The van der Waals surface area contributed by atoms with Crippen molar-refractivity contribution in [1.82, 2.24) is 14.8 Å². The van der Waals surface area contributed by atoms with Crippen molar-refractivity contribution in [3.63, 3.8) is 0 Å². The summed E-state index contributed by atoms with van der Waals surface area (Å²) in [7, 11) is 0. The maximum atomic E-state index is 13.2. The van der Waals surface area contributed by atoms with Crippen LogP contribution in [0.1, 0.15) is 80.0 Å². The third kappa shape index (κ3) is 7.14. The summed E-state index contributed by atoms with van der Waals surface area (Å²) in [6, 6.07) is 20.8. The Morgan fingerprint density at radius 2 is 1.61 bits per heavy atom. The van der Waals surface area contributed by atoms with Crippen LogP contribution in [0.4, 0.5) is 0 Å². The van der Waals surface area contributed by atoms with Crippen molar-refractivity contribution in [2.45, 2.75) is 45.6 Å². The van der Waals surface area contributed by atoms with Crippen LogP contribution in [0.5, 0.6) is 0 Å². The number of aryl methyl sites for hydroxylation is 1. The van der Waals surface area contributed by atoms with E-state index in [1.807, 2.05) is 55.5 Å². The van der Waals surface area contributed by atoms with Gasteiger partial charge in [-0.15, -0.1) is 0 Å². The van der Waals surface area contributed by atoms with E-state index in [-0.39, 0.29) is 23.4 Å². The van der Waals surface area contributed by atoms with Gasteiger partial charge in [-0.1, -0.05) is 42.0 Å². The predicted molar refractivity (Wildman–Crippen MR) is 156 cm³/mol. The molecule has 2 saturated heterocycles. The van der Waals surface area contributed by atoms with Gasteiger partial charge in [-0.2, -0.15) is 5.26 Å². The van der Waals surface area contributed by atoms with Gasteiger partial charge >= 0.3 is 0 Å². The van der Waals surface area contributed by atoms with E-state index in [0.29, 0.717) is 47.8 Å². The third-order valence-electron chi connectivity index (χ3n) is 8.39. The standard InChI is InChI=1S/C34H36N4O3/c1-24-4-10-28(11-5-24)33(40)30-3-2-16-38(23-30)34(41)31-13-12-29(21-36-31)32(39)19-25-14-17-37(18-15-25)22-27-8-6-26(20-35)7-9-27/h4-13,21,25,30H,2-3,14-19,22-23H2,1H3. The number of amides is 1. The quantitative estimate of drug-likeness (QED) is 0.346. The average Bonchev–Trinajstić information content (AvgIpc) is 3.02. The van der Waals surface area contributed by atoms with Gasteiger partial charge in [0.25, 0.3) is 5.91 Å². The van der Waals surface area contributed by atoms with Crippen LogP contribution in [-0.2, 0) is 6.54 Å². The number of rotatable bonds is 8. The molecule has 1 unspecified atom stereocenters. The lowest BCUT2D eigenvalue weighted by atomic mass is 9.89. The van der Waals surface area contributed by atoms with Crippen molar-refractivity contribution in [3.05, 3.63) is 100 Å². The molecule has 41 heavy (non-hydrogen) atoms. The summed E-state index contributed by atoms with van der Waals surface area (Å²) in [5.41, 5.74) is 4.50. The number of hydrogen-bond acceptors (Lipinski definition) is 6. The van der Waals surface area contributed by atoms with Gasteiger partial charge in [0.15, 0.2) is 11.6 Å². The van der Waals surface area contributed by atoms with Crippen molar-refractivity contribution < 1.29 is 14.4 Å². The first-order chi connectivity index (χ1) is 19.9. The zero-order valence-electron chi connectivity index (χ0n) is 23.6. The normalized spacial score (nSPS) is 18.0. The molecule has 210 valence electrons. The predicted octanol–water partition coefficient (Wildman–Crippen LogP) is 5.48. The van der Waals surface area contributed by atoms with Gasteiger partial charge < -0.3 is 4.90 Å². The Morgan fingerprint density at radius 1 is 0.902 bits per heavy atom. The average molecular weight is 549 g/mol. The summed E-state index contributed by atoms with van der Waals surface area (Å²) in [4.78, 5) is 47.7. The molecule has 1 atom stereocenters. The molecule has 2 fully saturated rings. The topological polar surface area (TPSA) is 94.4 Å². The van der Waals surface area contributed by atoms with E-state index in [2.05, 4.69) is 16.0 Å². The Kier molecular flexibility index (Phi) is 9.01. The maximum Gasteiger partial charge on any atom is 0.272 e. The van der Waals surface area contributed by atoms with Crippen LogP contribution in [0.3, 0.4) is 0 Å². The highest BCUT2D eigenvalue weighted by Gasteiger charge is 2.30. The van der Waals surface area contributed by atoms with E-state index in [0.717, 1.165) is 50.9 Å². The number of piperidine rings is 2. The molecular weight excluding hydrogens is 512 g/mol. The fourth-order valence-electron chi connectivity index (χ4n) is 5.85. The minimum absolute atomic E-state index is 0.0590. The summed E-state index contributed by atoms with van der Waals surface area (Å²) in [6.45, 7) is 5.70. The maximum absolute atomic E-state index is 13.2. The van der Waals surface area contributed by atoms with Gasteiger partial charge in [-0.3, -0.25) is 24.3 Å². The molecule has 0 aliphatic carbocycles. The number of nitriles is 1. The lowest BCUT2D eigenvalue weighted by Gasteiger charge is -2.32. The van der Waals surface area contributed by atoms with Crippen LogP contribution in [0.15, 0.2) is 66.9 Å². The van der Waals surface area contributed by atoms with E-state index in [4.69, 9.17) is 5.26 Å². The highest BCUT2D eigenvalue weighted by Crippen LogP contribution is 2.25. The molecule has 2 aromatic carbocycles. The van der Waals surface area contributed by atoms with Crippen LogP contribution < -0.4 is 0 Å². The Hall–Kier alpha value is -4.15. The van der Waals surface area contributed by atoms with Gasteiger partial charge in [-0.25, -0.2) is 0 Å². The SMILES string of the molecule is Cc1ccc(C(=O)C2CCCN(C(=O)c3ccc(C(=O)CC4CCN(Cc5ccc(C#N)cc5)CC4)cn3)C2)cc1. The molecule has 2 aliphatic heterocycles. The van der Waals surface area contributed by atoms with Crippen molar-refractivity contribution in [2.24, 2.45) is 11.8 Å². The van der Waals surface area contributed by atoms with E-state index >= 15 is 0 Å². The summed E-state index contributed by atoms with van der Waals surface area (Å²) in [5.74, 6) is 0.0597. The monoisotopic (exact) mass is 548 g/mol. The molecule has 0 radical (unpaired) electrons. The highest BCUT2D eigenvalue weighted by atomic mass is 16.2. The number of carbonyl (C=O) groups is 3. The number of ketones is 2. The minimum atomic E-state index is -0.216. The molecule has 0 N–H and O–H groups in total. The minimum Gasteiger partial charge on any atom is -0.337 e. The third-order valence-corrected chi connectivity index (χ3v) is 8.39. The first-order valence-corrected chi connectivity index (χ1v) is 14.5. The Morgan fingerprint density at radius 3 is 2.27 bits per heavy atom. The summed E-state index contributed by atoms with van der Waals surface area (Å²) < 4.78 is 0. The van der Waals surface area contributed by atoms with Gasteiger partial charge in [0.2, 0.25) is 0 Å². The number of Topliss-reactive ketones (excluding diaryl/α,β-unsaturated/α-hetero) is 2. The summed E-state index contributed by atoms with van der Waals surface area (Å²) in [5, 5.41) is 8.97. The first-order valence-electron chi connectivity index (χ1n) is 14.5. The van der Waals surface area contributed by atoms with E-state index in [1.165, 1.54) is 11.8 Å². The molecular formula is C34H36N4O3. The molecule has 7 heteroatoms. The van der Waals surface area contributed by atoms with Gasteiger partial charge in [0.1, 0.15) is 5.69 Å². The molecule has 2 aliphatic rings. The molecule has 3 aromatic rings. The van der Waals surface area contributed by atoms with Gasteiger partial charge in [0.05, 0.1) is 11.6 Å². The molecule has 0 saturated carbocycles. The number of likely N-dealkylation sites (tertiary alicyclic amines) is 2. The fraction of sp³-hybridized carbons (Fsp3) is 0.382. The number of nitrogens with zero attached hydrogens (tertiary/aromatic N) is 4. The van der Waals surface area contributed by atoms with Crippen LogP contribution in [0.25, 0.3) is 0 Å². The Bertz CT molecular complexity index is 1420. The lowest BCUT2D eigenvalue weighted by Crippen LogP contribution is -2.42.